The minimum atomic E-state index is -0.433. The third-order valence-electron chi connectivity index (χ3n) is 5.21. The number of anilines is 2. The maximum absolute atomic E-state index is 13.4. The molecule has 7 nitrogen and oxygen atoms in total. The summed E-state index contributed by atoms with van der Waals surface area (Å²) in [6, 6.07) is 15.6. The molecule has 0 unspecified atom stereocenters. The number of hydrogen-bond donors (Lipinski definition) is 2. The predicted molar refractivity (Wildman–Crippen MR) is 127 cm³/mol. The number of amides is 3. The molecule has 1 aliphatic rings. The number of rotatable bonds is 6. The van der Waals surface area contributed by atoms with Crippen LogP contribution in [0.5, 0.6) is 0 Å². The van der Waals surface area contributed by atoms with Crippen molar-refractivity contribution in [1.82, 2.24) is 9.88 Å². The first kappa shape index (κ1) is 22.2. The van der Waals surface area contributed by atoms with Gasteiger partial charge in [0.05, 0.1) is 12.1 Å². The second kappa shape index (κ2) is 9.26. The number of benzene rings is 2. The highest BCUT2D eigenvalue weighted by Gasteiger charge is 2.39. The maximum Gasteiger partial charge on any atom is 0.278 e. The van der Waals surface area contributed by atoms with Crippen LogP contribution in [0.15, 0.2) is 72.7 Å². The minimum Gasteiger partial charge on any atom is -0.350 e. The van der Waals surface area contributed by atoms with Crippen molar-refractivity contribution in [2.45, 2.75) is 20.4 Å². The van der Waals surface area contributed by atoms with Crippen LogP contribution in [-0.4, -0.2) is 27.6 Å². The topological polar surface area (TPSA) is 91.4 Å². The molecule has 0 fully saturated rings. The molecular weight excluding hydrogens is 440 g/mol. The Morgan fingerprint density at radius 1 is 1.00 bits per heavy atom. The van der Waals surface area contributed by atoms with E-state index >= 15 is 0 Å². The molecule has 3 amide bonds. The van der Waals surface area contributed by atoms with Crippen molar-refractivity contribution in [3.8, 4) is 0 Å². The summed E-state index contributed by atoms with van der Waals surface area (Å²) in [5.74, 6) is -1.04. The van der Waals surface area contributed by atoms with Gasteiger partial charge in [0.1, 0.15) is 5.70 Å². The van der Waals surface area contributed by atoms with Gasteiger partial charge in [-0.2, -0.15) is 0 Å². The molecule has 0 saturated carbocycles. The molecule has 0 atom stereocenters. The zero-order chi connectivity index (χ0) is 23.5. The van der Waals surface area contributed by atoms with E-state index in [2.05, 4.69) is 15.6 Å². The largest absolute Gasteiger partial charge is 0.350 e. The molecule has 0 aliphatic carbocycles. The lowest BCUT2D eigenvalue weighted by atomic mass is 10.0. The monoisotopic (exact) mass is 460 g/mol. The number of nitrogens with zero attached hydrogens (tertiary/aromatic N) is 2. The van der Waals surface area contributed by atoms with E-state index in [0.29, 0.717) is 22.0 Å². The number of aromatic nitrogens is 1. The van der Waals surface area contributed by atoms with Crippen LogP contribution in [0, 0.1) is 6.92 Å². The number of carbonyl (C=O) groups excluding carboxylic acids is 3. The Morgan fingerprint density at radius 3 is 2.36 bits per heavy atom. The highest BCUT2D eigenvalue weighted by molar-refractivity contribution is 6.36. The second-order valence-corrected chi connectivity index (χ2v) is 8.08. The molecule has 0 spiro atoms. The first-order valence-electron chi connectivity index (χ1n) is 10.2. The van der Waals surface area contributed by atoms with Crippen molar-refractivity contribution in [2.75, 3.05) is 10.6 Å². The van der Waals surface area contributed by atoms with Gasteiger partial charge < -0.3 is 10.6 Å². The van der Waals surface area contributed by atoms with E-state index in [1.165, 1.54) is 11.8 Å². The first-order valence-corrected chi connectivity index (χ1v) is 10.6. The Morgan fingerprint density at radius 2 is 1.70 bits per heavy atom. The van der Waals surface area contributed by atoms with Crippen molar-refractivity contribution in [2.24, 2.45) is 0 Å². The fourth-order valence-corrected chi connectivity index (χ4v) is 3.73. The summed E-state index contributed by atoms with van der Waals surface area (Å²) in [6.07, 6.45) is 3.23. The zero-order valence-corrected chi connectivity index (χ0v) is 18.8. The summed E-state index contributed by atoms with van der Waals surface area (Å²) in [4.78, 5) is 43.3. The predicted octanol–water partition coefficient (Wildman–Crippen LogP) is 4.39. The average Bonchev–Trinajstić information content (AvgIpc) is 3.01. The molecule has 2 N–H and O–H groups in total. The first-order chi connectivity index (χ1) is 15.8. The van der Waals surface area contributed by atoms with Gasteiger partial charge in [0, 0.05) is 35.7 Å². The van der Waals surface area contributed by atoms with E-state index in [-0.39, 0.29) is 23.7 Å². The Kier molecular flexibility index (Phi) is 6.24. The molecule has 1 aliphatic heterocycles. The third kappa shape index (κ3) is 4.78. The lowest BCUT2D eigenvalue weighted by Gasteiger charge is -2.15. The van der Waals surface area contributed by atoms with Crippen molar-refractivity contribution >= 4 is 46.3 Å². The van der Waals surface area contributed by atoms with Crippen LogP contribution >= 0.6 is 11.6 Å². The summed E-state index contributed by atoms with van der Waals surface area (Å²) in [5, 5.41) is 6.35. The molecule has 4 rings (SSSR count). The molecule has 33 heavy (non-hydrogen) atoms. The van der Waals surface area contributed by atoms with Crippen LogP contribution in [-0.2, 0) is 20.9 Å². The number of hydrogen-bond acceptors (Lipinski definition) is 5. The number of aryl methyl sites for hydroxylation is 1. The maximum atomic E-state index is 13.4. The van der Waals surface area contributed by atoms with E-state index < -0.39 is 11.8 Å². The number of pyridine rings is 1. The lowest BCUT2D eigenvalue weighted by molar-refractivity contribution is -0.137. The quantitative estimate of drug-likeness (QED) is 0.532. The minimum absolute atomic E-state index is 0.118. The normalized spacial score (nSPS) is 13.5. The van der Waals surface area contributed by atoms with E-state index in [0.717, 1.165) is 11.1 Å². The van der Waals surface area contributed by atoms with Gasteiger partial charge in [-0.3, -0.25) is 24.3 Å². The van der Waals surface area contributed by atoms with Crippen LogP contribution in [0.2, 0.25) is 5.02 Å². The van der Waals surface area contributed by atoms with Gasteiger partial charge >= 0.3 is 0 Å². The van der Waals surface area contributed by atoms with Crippen LogP contribution in [0.1, 0.15) is 23.6 Å². The average molecular weight is 461 g/mol. The van der Waals surface area contributed by atoms with Crippen molar-refractivity contribution < 1.29 is 14.4 Å². The molecule has 0 saturated heterocycles. The molecule has 0 bridgehead atoms. The molecule has 2 aromatic carbocycles. The lowest BCUT2D eigenvalue weighted by Crippen LogP contribution is -2.32. The Balaban J connectivity index is 1.75. The molecule has 166 valence electrons. The van der Waals surface area contributed by atoms with Gasteiger partial charge in [0.25, 0.3) is 11.8 Å². The standard InChI is InChI=1S/C25H21ClN4O3/c1-15-3-6-19(26)13-21(15)29-23-22(18-4-7-20(8-5-18)28-16(2)31)24(32)30(25(23)33)14-17-9-11-27-12-10-17/h3-13,29H,14H2,1-2H3,(H,28,31). The SMILES string of the molecule is CC(=O)Nc1ccc(C2=C(Nc3cc(Cl)ccc3C)C(=O)N(Cc3ccncc3)C2=O)cc1. The summed E-state index contributed by atoms with van der Waals surface area (Å²) in [7, 11) is 0. The summed E-state index contributed by atoms with van der Waals surface area (Å²) < 4.78 is 0. The Hall–Kier alpha value is -3.97. The highest BCUT2D eigenvalue weighted by Crippen LogP contribution is 2.33. The molecular formula is C25H21ClN4O3. The van der Waals surface area contributed by atoms with Gasteiger partial charge in [-0.25, -0.2) is 0 Å². The zero-order valence-electron chi connectivity index (χ0n) is 18.1. The van der Waals surface area contributed by atoms with Gasteiger partial charge in [-0.15, -0.1) is 0 Å². The van der Waals surface area contributed by atoms with Crippen LogP contribution in [0.4, 0.5) is 11.4 Å². The highest BCUT2D eigenvalue weighted by atomic mass is 35.5. The van der Waals surface area contributed by atoms with Gasteiger partial charge in [0.15, 0.2) is 0 Å². The van der Waals surface area contributed by atoms with E-state index in [1.54, 1.807) is 60.9 Å². The van der Waals surface area contributed by atoms with Gasteiger partial charge in [-0.1, -0.05) is 29.8 Å². The number of imide groups is 1. The molecule has 3 aromatic rings. The van der Waals surface area contributed by atoms with Crippen LogP contribution in [0.3, 0.4) is 0 Å². The number of nitrogens with one attached hydrogen (secondary N) is 2. The molecule has 8 heteroatoms. The number of halogens is 1. The van der Waals surface area contributed by atoms with Crippen LogP contribution < -0.4 is 10.6 Å². The van der Waals surface area contributed by atoms with E-state index in [1.807, 2.05) is 13.0 Å². The molecule has 0 radical (unpaired) electrons. The smallest absolute Gasteiger partial charge is 0.278 e. The number of carbonyl (C=O) groups is 3. The molecule has 2 heterocycles. The van der Waals surface area contributed by atoms with Gasteiger partial charge in [-0.05, 0) is 60.0 Å². The fraction of sp³-hybridized carbons (Fsp3) is 0.120. The summed E-state index contributed by atoms with van der Waals surface area (Å²) in [6.45, 7) is 3.42. The van der Waals surface area contributed by atoms with Crippen LogP contribution in [0.25, 0.3) is 5.57 Å². The van der Waals surface area contributed by atoms with E-state index in [9.17, 15) is 14.4 Å². The van der Waals surface area contributed by atoms with Crippen molar-refractivity contribution in [3.05, 3.63) is 94.4 Å². The summed E-state index contributed by atoms with van der Waals surface area (Å²) >= 11 is 6.16. The fourth-order valence-electron chi connectivity index (χ4n) is 3.56. The Labute approximate surface area is 196 Å². The van der Waals surface area contributed by atoms with Gasteiger partial charge in [0.2, 0.25) is 5.91 Å². The van der Waals surface area contributed by atoms with E-state index in [4.69, 9.17) is 11.6 Å². The summed E-state index contributed by atoms with van der Waals surface area (Å²) in [5.41, 5.74) is 3.87. The third-order valence-corrected chi connectivity index (χ3v) is 5.45. The molecule has 1 aromatic heterocycles. The van der Waals surface area contributed by atoms with Crippen molar-refractivity contribution in [3.63, 3.8) is 0 Å². The Bertz CT molecular complexity index is 1270. The van der Waals surface area contributed by atoms with Crippen molar-refractivity contribution in [1.29, 1.82) is 0 Å². The second-order valence-electron chi connectivity index (χ2n) is 7.64.